The fourth-order valence-corrected chi connectivity index (χ4v) is 0.161. The summed E-state index contributed by atoms with van der Waals surface area (Å²) in [6.07, 6.45) is -7.99. The minimum atomic E-state index is -5.24. The van der Waals surface area contributed by atoms with E-state index in [-0.39, 0.29) is 19.6 Å². The van der Waals surface area contributed by atoms with E-state index in [4.69, 9.17) is 0 Å². The molecule has 0 spiro atoms. The number of hydrogen-bond donors (Lipinski definition) is 0. The number of ketones is 1. The van der Waals surface area contributed by atoms with Crippen LogP contribution in [-0.4, -0.2) is 24.1 Å². The maximum absolute atomic E-state index is 11.6. The molecular weight excluding hydrogens is 372 g/mol. The Hall–Kier alpha value is -0.890. The van der Waals surface area contributed by atoms with E-state index in [1.54, 1.807) is 0 Å². The summed E-state index contributed by atoms with van der Waals surface area (Å²) in [5.74, 6) is -2.33. The Labute approximate surface area is 152 Å². The van der Waals surface area contributed by atoms with Crippen LogP contribution in [0.2, 0.25) is 0 Å². The molecule has 0 rings (SSSR count). The molecular formula is C17H34F8O. The van der Waals surface area contributed by atoms with Crippen molar-refractivity contribution in [3.63, 3.8) is 0 Å². The molecule has 0 bridgehead atoms. The summed E-state index contributed by atoms with van der Waals surface area (Å²) < 4.78 is 91.7. The molecule has 0 aromatic carbocycles. The first-order chi connectivity index (χ1) is 11.1. The minimum Gasteiger partial charge on any atom is -0.300 e. The normalized spacial score (nSPS) is 11.2. The summed E-state index contributed by atoms with van der Waals surface area (Å²) in [4.78, 5) is 9.44. The molecule has 9 heteroatoms. The lowest BCUT2D eigenvalue weighted by atomic mass is 9.92. The fourth-order valence-electron chi connectivity index (χ4n) is 0.161. The maximum Gasteiger partial charge on any atom is 0.402 e. The van der Waals surface area contributed by atoms with E-state index >= 15 is 0 Å². The molecule has 0 N–H and O–H groups in total. The van der Waals surface area contributed by atoms with Gasteiger partial charge in [-0.1, -0.05) is 40.5 Å². The lowest BCUT2D eigenvalue weighted by Gasteiger charge is -2.29. The van der Waals surface area contributed by atoms with Gasteiger partial charge in [0.1, 0.15) is 5.78 Å². The highest BCUT2D eigenvalue weighted by atomic mass is 19.4. The van der Waals surface area contributed by atoms with Crippen molar-refractivity contribution in [2.24, 2.45) is 5.41 Å². The molecule has 0 atom stereocenters. The number of halogens is 8. The Balaban J connectivity index is -0.0000000817. The predicted octanol–water partition coefficient (Wildman–Crippen LogP) is 8.23. The van der Waals surface area contributed by atoms with Gasteiger partial charge in [0.05, 0.1) is 0 Å². The van der Waals surface area contributed by atoms with Crippen LogP contribution in [0.4, 0.5) is 35.1 Å². The van der Waals surface area contributed by atoms with Crippen molar-refractivity contribution in [2.75, 3.05) is 0 Å². The van der Waals surface area contributed by atoms with Gasteiger partial charge in [0, 0.05) is 0 Å². The molecule has 0 aliphatic rings. The van der Waals surface area contributed by atoms with Crippen molar-refractivity contribution in [3.05, 3.63) is 0 Å². The van der Waals surface area contributed by atoms with E-state index in [0.29, 0.717) is 0 Å². The zero-order valence-corrected chi connectivity index (χ0v) is 17.3. The Morgan fingerprint density at radius 1 is 0.615 bits per heavy atom. The van der Waals surface area contributed by atoms with E-state index in [2.05, 4.69) is 27.7 Å². The first-order valence-corrected chi connectivity index (χ1v) is 8.04. The third kappa shape index (κ3) is 38.6. The van der Waals surface area contributed by atoms with Gasteiger partial charge in [0.2, 0.25) is 5.92 Å². The predicted molar refractivity (Wildman–Crippen MR) is 90.5 cm³/mol. The van der Waals surface area contributed by atoms with Crippen molar-refractivity contribution in [2.45, 2.75) is 100 Å². The zero-order valence-electron chi connectivity index (χ0n) is 17.3. The molecule has 0 heterocycles. The third-order valence-electron chi connectivity index (χ3n) is 1.42. The molecule has 0 fully saturated rings. The molecule has 0 amide bonds. The quantitative estimate of drug-likeness (QED) is 0.370. The van der Waals surface area contributed by atoms with Crippen LogP contribution in [-0.2, 0) is 4.79 Å². The summed E-state index contributed by atoms with van der Waals surface area (Å²) >= 11 is 0. The molecule has 26 heavy (non-hydrogen) atoms. The Bertz CT molecular complexity index is 284. The molecule has 0 aromatic heterocycles. The molecule has 0 saturated heterocycles. The molecule has 0 aliphatic heterocycles. The average molecular weight is 406 g/mol. The number of carbonyl (C=O) groups excluding carboxylic acids is 1. The second-order valence-electron chi connectivity index (χ2n) is 6.27. The number of rotatable bonds is 0. The first-order valence-electron chi connectivity index (χ1n) is 8.04. The highest BCUT2D eigenvalue weighted by Crippen LogP contribution is 2.49. The molecule has 164 valence electrons. The van der Waals surface area contributed by atoms with Gasteiger partial charge in [-0.05, 0) is 41.5 Å². The lowest BCUT2D eigenvalue weighted by Crippen LogP contribution is -2.44. The average Bonchev–Trinajstić information content (AvgIpc) is 2.24. The van der Waals surface area contributed by atoms with Gasteiger partial charge in [-0.15, -0.1) is 0 Å². The van der Waals surface area contributed by atoms with Crippen molar-refractivity contribution < 1.29 is 39.9 Å². The fraction of sp³-hybridized carbons (Fsp3) is 0.941. The largest absolute Gasteiger partial charge is 0.402 e. The molecule has 0 aromatic rings. The van der Waals surface area contributed by atoms with Crippen LogP contribution in [0.25, 0.3) is 0 Å². The van der Waals surface area contributed by atoms with Gasteiger partial charge >= 0.3 is 12.4 Å². The lowest BCUT2D eigenvalue weighted by molar-refractivity contribution is -0.327. The third-order valence-corrected chi connectivity index (χ3v) is 1.42. The highest BCUT2D eigenvalue weighted by Gasteiger charge is 2.64. The van der Waals surface area contributed by atoms with E-state index in [0.717, 1.165) is 13.8 Å². The summed E-state index contributed by atoms with van der Waals surface area (Å²) in [6.45, 7) is 13.5. The number of alkyl halides is 8. The summed E-state index contributed by atoms with van der Waals surface area (Å²) in [5, 5.41) is 0. The smallest absolute Gasteiger partial charge is 0.300 e. The second kappa shape index (κ2) is 16.3. The Morgan fingerprint density at radius 2 is 0.692 bits per heavy atom. The van der Waals surface area contributed by atoms with E-state index < -0.39 is 23.7 Å². The van der Waals surface area contributed by atoms with Gasteiger partial charge in [0.25, 0.3) is 0 Å². The summed E-state index contributed by atoms with van der Waals surface area (Å²) in [7, 11) is 0. The Kier molecular flexibility index (Phi) is 22.6. The molecule has 0 radical (unpaired) electrons. The van der Waals surface area contributed by atoms with Gasteiger partial charge in [-0.2, -0.15) is 26.3 Å². The maximum atomic E-state index is 11.6. The summed E-state index contributed by atoms with van der Waals surface area (Å²) in [5.41, 5.74) is -3.62. The van der Waals surface area contributed by atoms with Crippen molar-refractivity contribution in [1.29, 1.82) is 0 Å². The van der Waals surface area contributed by atoms with E-state index in [9.17, 15) is 39.9 Å². The van der Waals surface area contributed by atoms with E-state index in [1.807, 2.05) is 0 Å². The van der Waals surface area contributed by atoms with Crippen LogP contribution < -0.4 is 0 Å². The van der Waals surface area contributed by atoms with Crippen LogP contribution in [0.5, 0.6) is 0 Å². The van der Waals surface area contributed by atoms with Gasteiger partial charge in [-0.25, -0.2) is 8.78 Å². The summed E-state index contributed by atoms with van der Waals surface area (Å²) in [6, 6.07) is 0. The van der Waals surface area contributed by atoms with Crippen molar-refractivity contribution >= 4 is 5.78 Å². The van der Waals surface area contributed by atoms with Crippen LogP contribution in [0.15, 0.2) is 0 Å². The van der Waals surface area contributed by atoms with Crippen LogP contribution in [0.1, 0.15) is 82.1 Å². The highest BCUT2D eigenvalue weighted by molar-refractivity contribution is 5.72. The zero-order chi connectivity index (χ0) is 23.0. The molecule has 0 unspecified atom stereocenters. The second-order valence-corrected chi connectivity index (χ2v) is 6.27. The van der Waals surface area contributed by atoms with E-state index in [1.165, 1.54) is 26.7 Å². The first kappa shape index (κ1) is 36.1. The van der Waals surface area contributed by atoms with Gasteiger partial charge in [-0.3, -0.25) is 0 Å². The number of Topliss-reactive ketones (excluding diaryl/α,β-unsaturated/α-hetero) is 1. The Morgan fingerprint density at radius 3 is 0.692 bits per heavy atom. The van der Waals surface area contributed by atoms with Crippen LogP contribution >= 0.6 is 0 Å². The van der Waals surface area contributed by atoms with Gasteiger partial charge < -0.3 is 4.79 Å². The van der Waals surface area contributed by atoms with Gasteiger partial charge in [0.15, 0.2) is 5.41 Å². The van der Waals surface area contributed by atoms with Crippen LogP contribution in [0.3, 0.4) is 0 Å². The van der Waals surface area contributed by atoms with Crippen LogP contribution in [0, 0.1) is 5.41 Å². The number of carbonyl (C=O) groups is 1. The van der Waals surface area contributed by atoms with Crippen molar-refractivity contribution in [3.8, 4) is 0 Å². The molecule has 0 saturated carbocycles. The molecule has 0 aliphatic carbocycles. The topological polar surface area (TPSA) is 17.1 Å². The SMILES string of the molecule is CC(C)(C(F)(F)F)C(F)(F)F.CC(C)(F)F.CC(C)=O.CCC.CCC. The number of hydrogen-bond acceptors (Lipinski definition) is 1. The standard InChI is InChI=1S/C5H6F6.C3H6F2.C3H6O.2C3H8/c1-3(2,4(6,7)8)5(9,10)11;1-3(2,4)5;1-3(2)4;2*1-3-2/h1-2H3;1-2H3;1-2H3;2*3H2,1-2H3. The minimum absolute atomic E-state index is 0.104. The molecule has 1 nitrogen and oxygen atoms in total. The van der Waals surface area contributed by atoms with Crippen molar-refractivity contribution in [1.82, 2.24) is 0 Å². The monoisotopic (exact) mass is 406 g/mol.